The fourth-order valence-electron chi connectivity index (χ4n) is 3.22. The van der Waals surface area contributed by atoms with E-state index in [4.69, 9.17) is 5.26 Å². The van der Waals surface area contributed by atoms with E-state index in [1.54, 1.807) is 0 Å². The molecule has 0 bridgehead atoms. The van der Waals surface area contributed by atoms with Crippen molar-refractivity contribution in [3.05, 3.63) is 73.9 Å². The monoisotopic (exact) mass is 412 g/mol. The maximum absolute atomic E-state index is 8.91. The topological polar surface area (TPSA) is 44.9 Å². The lowest BCUT2D eigenvalue weighted by molar-refractivity contribution is 0.241. The van der Waals surface area contributed by atoms with E-state index in [0.717, 1.165) is 32.6 Å². The van der Waals surface area contributed by atoms with Crippen LogP contribution >= 0.6 is 27.3 Å². The van der Waals surface area contributed by atoms with E-state index in [-0.39, 0.29) is 0 Å². The highest BCUT2D eigenvalue weighted by atomic mass is 79.9. The van der Waals surface area contributed by atoms with Crippen molar-refractivity contribution in [2.45, 2.75) is 26.1 Å². The first kappa shape index (κ1) is 16.5. The van der Waals surface area contributed by atoms with Crippen LogP contribution in [0.15, 0.2) is 46.6 Å². The molecular formula is C19H17BrN4S. The molecule has 4 nitrogen and oxygen atoms in total. The standard InChI is InChI=1S/C19H17BrN4S/c20-19-7-16-11-23(6-5-18(16)25-19)12-17-9-22-13-24(17)10-15-3-1-14(8-21)2-4-15/h1-4,7,9,13H,5-6,10-12H2. The number of imidazole rings is 1. The number of hydrogen-bond donors (Lipinski definition) is 0. The Morgan fingerprint density at radius 3 is 2.88 bits per heavy atom. The Balaban J connectivity index is 1.46. The molecule has 0 unspecified atom stereocenters. The molecule has 0 radical (unpaired) electrons. The van der Waals surface area contributed by atoms with Gasteiger partial charge in [0.1, 0.15) is 0 Å². The van der Waals surface area contributed by atoms with Gasteiger partial charge in [-0.1, -0.05) is 12.1 Å². The molecule has 0 saturated carbocycles. The third kappa shape index (κ3) is 3.69. The fourth-order valence-corrected chi connectivity index (χ4v) is 4.97. The van der Waals surface area contributed by atoms with Gasteiger partial charge in [0, 0.05) is 37.3 Å². The van der Waals surface area contributed by atoms with Crippen LogP contribution in [0.2, 0.25) is 0 Å². The van der Waals surface area contributed by atoms with Crippen molar-refractivity contribution in [2.75, 3.05) is 6.54 Å². The quantitative estimate of drug-likeness (QED) is 0.645. The molecular weight excluding hydrogens is 396 g/mol. The number of aromatic nitrogens is 2. The van der Waals surface area contributed by atoms with Crippen LogP contribution in [0, 0.1) is 11.3 Å². The van der Waals surface area contributed by atoms with Gasteiger partial charge in [-0.3, -0.25) is 4.90 Å². The maximum Gasteiger partial charge on any atom is 0.0991 e. The van der Waals surface area contributed by atoms with Crippen LogP contribution in [0.1, 0.15) is 27.3 Å². The average Bonchev–Trinajstić information content (AvgIpc) is 3.20. The molecule has 2 aromatic heterocycles. The van der Waals surface area contributed by atoms with E-state index < -0.39 is 0 Å². The zero-order valence-corrected chi connectivity index (χ0v) is 16.1. The predicted molar refractivity (Wildman–Crippen MR) is 102 cm³/mol. The first-order valence-corrected chi connectivity index (χ1v) is 9.80. The van der Waals surface area contributed by atoms with E-state index in [2.05, 4.69) is 42.5 Å². The Labute approximate surface area is 159 Å². The van der Waals surface area contributed by atoms with Gasteiger partial charge in [-0.25, -0.2) is 4.98 Å². The number of hydrogen-bond acceptors (Lipinski definition) is 4. The number of thiophene rings is 1. The molecule has 6 heteroatoms. The lowest BCUT2D eigenvalue weighted by Gasteiger charge is -2.27. The van der Waals surface area contributed by atoms with Crippen molar-refractivity contribution < 1.29 is 0 Å². The highest BCUT2D eigenvalue weighted by molar-refractivity contribution is 9.11. The van der Waals surface area contributed by atoms with E-state index in [0.29, 0.717) is 5.56 Å². The van der Waals surface area contributed by atoms with Gasteiger partial charge >= 0.3 is 0 Å². The summed E-state index contributed by atoms with van der Waals surface area (Å²) in [4.78, 5) is 8.33. The Bertz CT molecular complexity index is 920. The molecule has 0 atom stereocenters. The van der Waals surface area contributed by atoms with Crippen LogP contribution in [0.5, 0.6) is 0 Å². The average molecular weight is 413 g/mol. The second-order valence-corrected chi connectivity index (χ2v) is 8.80. The van der Waals surface area contributed by atoms with Gasteiger partial charge in [-0.2, -0.15) is 5.26 Å². The van der Waals surface area contributed by atoms with Gasteiger partial charge in [-0.15, -0.1) is 11.3 Å². The molecule has 0 spiro atoms. The minimum Gasteiger partial charge on any atom is -0.329 e. The molecule has 0 aliphatic carbocycles. The Hall–Kier alpha value is -1.94. The molecule has 1 aliphatic rings. The first-order chi connectivity index (χ1) is 12.2. The summed E-state index contributed by atoms with van der Waals surface area (Å²) in [5, 5.41) is 8.91. The van der Waals surface area contributed by atoms with Crippen molar-refractivity contribution in [1.82, 2.24) is 14.5 Å². The molecule has 0 saturated heterocycles. The van der Waals surface area contributed by atoms with E-state index in [1.165, 1.54) is 25.5 Å². The lowest BCUT2D eigenvalue weighted by Crippen LogP contribution is -2.30. The molecule has 4 rings (SSSR count). The first-order valence-electron chi connectivity index (χ1n) is 8.19. The van der Waals surface area contributed by atoms with Gasteiger partial charge in [0.05, 0.1) is 27.4 Å². The van der Waals surface area contributed by atoms with Crippen molar-refractivity contribution in [1.29, 1.82) is 5.26 Å². The Morgan fingerprint density at radius 1 is 1.24 bits per heavy atom. The summed E-state index contributed by atoms with van der Waals surface area (Å²) in [6.07, 6.45) is 4.97. The Morgan fingerprint density at radius 2 is 2.08 bits per heavy atom. The second kappa shape index (κ2) is 7.12. The normalized spacial score (nSPS) is 14.2. The minimum absolute atomic E-state index is 0.695. The van der Waals surface area contributed by atoms with Crippen molar-refractivity contribution in [3.63, 3.8) is 0 Å². The molecule has 0 fully saturated rings. The smallest absolute Gasteiger partial charge is 0.0991 e. The summed E-state index contributed by atoms with van der Waals surface area (Å²) in [6.45, 7) is 3.77. The lowest BCUT2D eigenvalue weighted by atomic mass is 10.1. The molecule has 0 amide bonds. The minimum atomic E-state index is 0.695. The van der Waals surface area contributed by atoms with Crippen molar-refractivity contribution in [2.24, 2.45) is 0 Å². The summed E-state index contributed by atoms with van der Waals surface area (Å²) in [5.74, 6) is 0. The summed E-state index contributed by atoms with van der Waals surface area (Å²) < 4.78 is 3.42. The molecule has 1 aliphatic heterocycles. The summed E-state index contributed by atoms with van der Waals surface area (Å²) >= 11 is 5.46. The van der Waals surface area contributed by atoms with Crippen LogP contribution in [-0.2, 0) is 26.1 Å². The van der Waals surface area contributed by atoms with Crippen molar-refractivity contribution in [3.8, 4) is 6.07 Å². The fraction of sp³-hybridized carbons (Fsp3) is 0.263. The number of nitriles is 1. The summed E-state index contributed by atoms with van der Waals surface area (Å²) in [5.41, 5.74) is 4.55. The number of halogens is 1. The van der Waals surface area contributed by atoms with E-state index >= 15 is 0 Å². The molecule has 126 valence electrons. The SMILES string of the molecule is N#Cc1ccc(Cn2cncc2CN2CCc3sc(Br)cc3C2)cc1. The third-order valence-electron chi connectivity index (χ3n) is 4.54. The van der Waals surface area contributed by atoms with Crippen LogP contribution in [0.3, 0.4) is 0 Å². The molecule has 1 aromatic carbocycles. The van der Waals surface area contributed by atoms with Gasteiger partial charge in [0.2, 0.25) is 0 Å². The Kier molecular flexibility index (Phi) is 4.71. The molecule has 3 aromatic rings. The molecule has 25 heavy (non-hydrogen) atoms. The summed E-state index contributed by atoms with van der Waals surface area (Å²) in [7, 11) is 0. The largest absolute Gasteiger partial charge is 0.329 e. The highest BCUT2D eigenvalue weighted by Crippen LogP contribution is 2.31. The zero-order valence-electron chi connectivity index (χ0n) is 13.7. The number of fused-ring (bicyclic) bond motifs is 1. The number of nitrogens with zero attached hydrogens (tertiary/aromatic N) is 4. The van der Waals surface area contributed by atoms with Gasteiger partial charge in [-0.05, 0) is 51.7 Å². The predicted octanol–water partition coefficient (Wildman–Crippen LogP) is 4.19. The van der Waals surface area contributed by atoms with Crippen LogP contribution in [0.4, 0.5) is 0 Å². The van der Waals surface area contributed by atoms with Gasteiger partial charge in [0.25, 0.3) is 0 Å². The maximum atomic E-state index is 8.91. The molecule has 0 N–H and O–H groups in total. The number of benzene rings is 1. The van der Waals surface area contributed by atoms with Crippen LogP contribution in [0.25, 0.3) is 0 Å². The van der Waals surface area contributed by atoms with Crippen molar-refractivity contribution >= 4 is 27.3 Å². The van der Waals surface area contributed by atoms with Crippen LogP contribution in [-0.4, -0.2) is 21.0 Å². The number of rotatable bonds is 4. The highest BCUT2D eigenvalue weighted by Gasteiger charge is 2.19. The van der Waals surface area contributed by atoms with E-state index in [1.807, 2.05) is 48.1 Å². The van der Waals surface area contributed by atoms with Gasteiger partial charge in [0.15, 0.2) is 0 Å². The zero-order chi connectivity index (χ0) is 17.2. The van der Waals surface area contributed by atoms with Gasteiger partial charge < -0.3 is 4.57 Å². The van der Waals surface area contributed by atoms with Crippen LogP contribution < -0.4 is 0 Å². The second-order valence-electron chi connectivity index (χ2n) is 6.28. The third-order valence-corrected chi connectivity index (χ3v) is 6.28. The molecule has 3 heterocycles. The van der Waals surface area contributed by atoms with E-state index in [9.17, 15) is 0 Å². The summed E-state index contributed by atoms with van der Waals surface area (Å²) in [6, 6.07) is 12.2.